The fourth-order valence-corrected chi connectivity index (χ4v) is 1.63. The number of carbonyl (C=O) groups is 1. The molecule has 2 atom stereocenters. The number of methoxy groups -OCH3 is 1. The summed E-state index contributed by atoms with van der Waals surface area (Å²) >= 11 is 0. The van der Waals surface area contributed by atoms with Gasteiger partial charge in [-0.25, -0.2) is 0 Å². The minimum atomic E-state index is -0.309. The Morgan fingerprint density at radius 3 is 3.07 bits per heavy atom. The minimum Gasteiger partial charge on any atom is -0.383 e. The highest BCUT2D eigenvalue weighted by Gasteiger charge is 2.29. The quantitative estimate of drug-likeness (QED) is 0.548. The number of amides is 1. The van der Waals surface area contributed by atoms with Gasteiger partial charge in [0, 0.05) is 26.2 Å². The van der Waals surface area contributed by atoms with Crippen LogP contribution in [0.5, 0.6) is 0 Å². The number of rotatable bonds is 6. The molecule has 0 radical (unpaired) electrons. The van der Waals surface area contributed by atoms with E-state index in [1.165, 1.54) is 0 Å². The van der Waals surface area contributed by atoms with E-state index in [-0.39, 0.29) is 17.9 Å². The maximum Gasteiger partial charge on any atom is 0.234 e. The molecule has 0 bridgehead atoms. The normalized spacial score (nSPS) is 23.6. The van der Waals surface area contributed by atoms with Gasteiger partial charge in [0.05, 0.1) is 19.3 Å². The predicted molar refractivity (Wildman–Crippen MR) is 51.8 cm³/mol. The molecule has 1 heterocycles. The number of nitrogens with one attached hydrogen (secondary N) is 1. The average molecular weight is 202 g/mol. The molecule has 5 nitrogen and oxygen atoms in total. The smallest absolute Gasteiger partial charge is 0.234 e. The Balaban J connectivity index is 2.34. The highest BCUT2D eigenvalue weighted by molar-refractivity contribution is 5.80. The number of ether oxygens (including phenoxy) is 2. The lowest BCUT2D eigenvalue weighted by molar-refractivity contribution is -0.121. The number of carbonyl (C=O) groups excluding carboxylic acids is 1. The third kappa shape index (κ3) is 3.25. The molecule has 2 unspecified atom stereocenters. The summed E-state index contributed by atoms with van der Waals surface area (Å²) in [6, 6.07) is -0.285. The van der Waals surface area contributed by atoms with Crippen LogP contribution in [0.4, 0.5) is 0 Å². The van der Waals surface area contributed by atoms with Gasteiger partial charge in [-0.15, -0.1) is 0 Å². The molecular formula is C9H18N2O3. The lowest BCUT2D eigenvalue weighted by atomic mass is 9.98. The standard InChI is InChI=1S/C9H18N2O3/c1-13-5-3-11-8(9(10)12)7-2-4-14-6-7/h7-8,11H,2-6H2,1H3,(H2,10,12). The van der Waals surface area contributed by atoms with Gasteiger partial charge in [-0.3, -0.25) is 4.79 Å². The van der Waals surface area contributed by atoms with Gasteiger partial charge >= 0.3 is 0 Å². The van der Waals surface area contributed by atoms with Crippen molar-refractivity contribution in [2.24, 2.45) is 11.7 Å². The van der Waals surface area contributed by atoms with Crippen molar-refractivity contribution in [3.63, 3.8) is 0 Å². The molecule has 5 heteroatoms. The molecule has 0 spiro atoms. The van der Waals surface area contributed by atoms with Crippen LogP contribution in [0.1, 0.15) is 6.42 Å². The van der Waals surface area contributed by atoms with Crippen LogP contribution in [-0.4, -0.2) is 45.4 Å². The molecule has 0 aromatic rings. The third-order valence-electron chi connectivity index (χ3n) is 2.41. The summed E-state index contributed by atoms with van der Waals surface area (Å²) in [5.74, 6) is -0.0963. The van der Waals surface area contributed by atoms with Gasteiger partial charge in [-0.2, -0.15) is 0 Å². The largest absolute Gasteiger partial charge is 0.383 e. The summed E-state index contributed by atoms with van der Waals surface area (Å²) in [5.41, 5.74) is 5.30. The van der Waals surface area contributed by atoms with E-state index in [0.717, 1.165) is 13.0 Å². The van der Waals surface area contributed by atoms with Crippen LogP contribution in [-0.2, 0) is 14.3 Å². The molecule has 0 aliphatic carbocycles. The van der Waals surface area contributed by atoms with Gasteiger partial charge in [0.2, 0.25) is 5.91 Å². The van der Waals surface area contributed by atoms with Crippen molar-refractivity contribution >= 4 is 5.91 Å². The number of nitrogens with two attached hydrogens (primary N) is 1. The van der Waals surface area contributed by atoms with E-state index in [2.05, 4.69) is 5.32 Å². The second-order valence-electron chi connectivity index (χ2n) is 3.45. The number of hydrogen-bond donors (Lipinski definition) is 2. The van der Waals surface area contributed by atoms with Gasteiger partial charge in [0.25, 0.3) is 0 Å². The molecule has 1 aliphatic heterocycles. The van der Waals surface area contributed by atoms with Crippen molar-refractivity contribution < 1.29 is 14.3 Å². The van der Waals surface area contributed by atoms with Gasteiger partial charge in [0.1, 0.15) is 0 Å². The van der Waals surface area contributed by atoms with Crippen LogP contribution >= 0.6 is 0 Å². The van der Waals surface area contributed by atoms with Crippen molar-refractivity contribution in [1.29, 1.82) is 0 Å². The van der Waals surface area contributed by atoms with Crippen molar-refractivity contribution in [2.45, 2.75) is 12.5 Å². The zero-order valence-corrected chi connectivity index (χ0v) is 8.49. The lowest BCUT2D eigenvalue weighted by Crippen LogP contribution is -2.47. The second kappa shape index (κ2) is 5.95. The summed E-state index contributed by atoms with van der Waals surface area (Å²) in [7, 11) is 1.62. The van der Waals surface area contributed by atoms with E-state index in [1.807, 2.05) is 0 Å². The first kappa shape index (κ1) is 11.4. The van der Waals surface area contributed by atoms with Crippen molar-refractivity contribution in [1.82, 2.24) is 5.32 Å². The fraction of sp³-hybridized carbons (Fsp3) is 0.889. The molecule has 0 saturated carbocycles. The zero-order chi connectivity index (χ0) is 10.4. The maximum atomic E-state index is 11.1. The molecule has 0 aromatic heterocycles. The van der Waals surface area contributed by atoms with Crippen LogP contribution in [0.2, 0.25) is 0 Å². The predicted octanol–water partition coefficient (Wildman–Crippen LogP) is -0.887. The highest BCUT2D eigenvalue weighted by Crippen LogP contribution is 2.16. The Bertz CT molecular complexity index is 181. The Morgan fingerprint density at radius 2 is 2.57 bits per heavy atom. The summed E-state index contributed by atoms with van der Waals surface area (Å²) in [4.78, 5) is 11.1. The third-order valence-corrected chi connectivity index (χ3v) is 2.41. The van der Waals surface area contributed by atoms with Gasteiger partial charge in [-0.05, 0) is 6.42 Å². The highest BCUT2D eigenvalue weighted by atomic mass is 16.5. The molecule has 1 amide bonds. The first-order valence-corrected chi connectivity index (χ1v) is 4.85. The van der Waals surface area contributed by atoms with Crippen LogP contribution in [0.3, 0.4) is 0 Å². The first-order valence-electron chi connectivity index (χ1n) is 4.85. The molecular weight excluding hydrogens is 184 g/mol. The van der Waals surface area contributed by atoms with E-state index in [9.17, 15) is 4.79 Å². The van der Waals surface area contributed by atoms with E-state index in [4.69, 9.17) is 15.2 Å². The van der Waals surface area contributed by atoms with Crippen LogP contribution in [0.25, 0.3) is 0 Å². The Hall–Kier alpha value is -0.650. The molecule has 1 fully saturated rings. The van der Waals surface area contributed by atoms with Crippen molar-refractivity contribution in [2.75, 3.05) is 33.5 Å². The first-order chi connectivity index (χ1) is 6.75. The Labute approximate surface area is 83.9 Å². The van der Waals surface area contributed by atoms with Gasteiger partial charge in [0.15, 0.2) is 0 Å². The summed E-state index contributed by atoms with van der Waals surface area (Å²) < 4.78 is 10.1. The van der Waals surface area contributed by atoms with Gasteiger partial charge in [-0.1, -0.05) is 0 Å². The lowest BCUT2D eigenvalue weighted by Gasteiger charge is -2.20. The minimum absolute atomic E-state index is 0.212. The van der Waals surface area contributed by atoms with Crippen LogP contribution < -0.4 is 11.1 Å². The molecule has 1 aliphatic rings. The van der Waals surface area contributed by atoms with Crippen LogP contribution in [0.15, 0.2) is 0 Å². The fourth-order valence-electron chi connectivity index (χ4n) is 1.63. The van der Waals surface area contributed by atoms with E-state index < -0.39 is 0 Å². The summed E-state index contributed by atoms with van der Waals surface area (Å²) in [6.07, 6.45) is 0.896. The molecule has 82 valence electrons. The maximum absolute atomic E-state index is 11.1. The summed E-state index contributed by atoms with van der Waals surface area (Å²) in [6.45, 7) is 2.56. The average Bonchev–Trinajstić information content (AvgIpc) is 2.64. The van der Waals surface area contributed by atoms with E-state index in [1.54, 1.807) is 7.11 Å². The monoisotopic (exact) mass is 202 g/mol. The van der Waals surface area contributed by atoms with Crippen LogP contribution in [0, 0.1) is 5.92 Å². The summed E-state index contributed by atoms with van der Waals surface area (Å²) in [5, 5.41) is 3.08. The topological polar surface area (TPSA) is 73.6 Å². The molecule has 14 heavy (non-hydrogen) atoms. The number of hydrogen-bond acceptors (Lipinski definition) is 4. The SMILES string of the molecule is COCCNC(C(N)=O)C1CCOC1. The van der Waals surface area contributed by atoms with Crippen molar-refractivity contribution in [3.05, 3.63) is 0 Å². The Kier molecular flexibility index (Phi) is 4.86. The van der Waals surface area contributed by atoms with E-state index in [0.29, 0.717) is 19.8 Å². The molecule has 1 rings (SSSR count). The number of primary amides is 1. The molecule has 1 saturated heterocycles. The van der Waals surface area contributed by atoms with Gasteiger partial charge < -0.3 is 20.5 Å². The zero-order valence-electron chi connectivity index (χ0n) is 8.49. The Morgan fingerprint density at radius 1 is 1.79 bits per heavy atom. The van der Waals surface area contributed by atoms with Crippen molar-refractivity contribution in [3.8, 4) is 0 Å². The molecule has 3 N–H and O–H groups in total. The van der Waals surface area contributed by atoms with E-state index >= 15 is 0 Å². The second-order valence-corrected chi connectivity index (χ2v) is 3.45. The molecule has 0 aromatic carbocycles.